The van der Waals surface area contributed by atoms with Crippen molar-refractivity contribution in [2.45, 2.75) is 6.92 Å². The van der Waals surface area contributed by atoms with Gasteiger partial charge < -0.3 is 5.73 Å². The number of nitrogens with two attached hydrogens (primary N) is 1. The second kappa shape index (κ2) is 3.99. The summed E-state index contributed by atoms with van der Waals surface area (Å²) < 4.78 is 0. The van der Waals surface area contributed by atoms with Crippen LogP contribution in [-0.4, -0.2) is 12.8 Å². The number of nitrogens with zero attached hydrogens (tertiary/aromatic N) is 1. The first-order valence-corrected chi connectivity index (χ1v) is 4.50. The van der Waals surface area contributed by atoms with E-state index in [1.807, 2.05) is 6.92 Å². The van der Waals surface area contributed by atoms with Gasteiger partial charge in [-0.1, -0.05) is 23.2 Å². The molecule has 0 bridgehead atoms. The second-order valence-corrected chi connectivity index (χ2v) is 3.48. The SMILES string of the molecule is CN=C(C)c1cc(Cl)c(N)c(Cl)c1. The van der Waals surface area contributed by atoms with E-state index in [2.05, 4.69) is 4.99 Å². The molecule has 0 saturated heterocycles. The summed E-state index contributed by atoms with van der Waals surface area (Å²) in [5.74, 6) is 0. The molecular weight excluding hydrogens is 207 g/mol. The number of anilines is 1. The Bertz CT molecular complexity index is 336. The number of rotatable bonds is 1. The second-order valence-electron chi connectivity index (χ2n) is 2.66. The highest BCUT2D eigenvalue weighted by atomic mass is 35.5. The molecule has 13 heavy (non-hydrogen) atoms. The van der Waals surface area contributed by atoms with Gasteiger partial charge in [0, 0.05) is 12.8 Å². The maximum Gasteiger partial charge on any atom is 0.0693 e. The molecule has 2 N–H and O–H groups in total. The number of hydrogen-bond donors (Lipinski definition) is 1. The molecule has 0 fully saturated rings. The summed E-state index contributed by atoms with van der Waals surface area (Å²) in [5.41, 5.74) is 7.78. The molecule has 4 heteroatoms. The fourth-order valence-electron chi connectivity index (χ4n) is 0.922. The van der Waals surface area contributed by atoms with E-state index >= 15 is 0 Å². The van der Waals surface area contributed by atoms with Gasteiger partial charge in [-0.05, 0) is 24.6 Å². The molecule has 0 aliphatic rings. The van der Waals surface area contributed by atoms with Crippen molar-refractivity contribution >= 4 is 34.6 Å². The maximum absolute atomic E-state index is 5.86. The molecule has 0 spiro atoms. The first kappa shape index (κ1) is 10.4. The first-order chi connectivity index (χ1) is 6.06. The third kappa shape index (κ3) is 2.14. The number of hydrogen-bond acceptors (Lipinski definition) is 2. The molecule has 0 saturated carbocycles. The van der Waals surface area contributed by atoms with E-state index in [0.29, 0.717) is 15.7 Å². The highest BCUT2D eigenvalue weighted by Crippen LogP contribution is 2.28. The van der Waals surface area contributed by atoms with E-state index in [1.54, 1.807) is 19.2 Å². The third-order valence-corrected chi connectivity index (χ3v) is 2.46. The van der Waals surface area contributed by atoms with Crippen molar-refractivity contribution in [1.82, 2.24) is 0 Å². The first-order valence-electron chi connectivity index (χ1n) is 3.74. The lowest BCUT2D eigenvalue weighted by molar-refractivity contribution is 1.41. The van der Waals surface area contributed by atoms with Crippen LogP contribution in [0.5, 0.6) is 0 Å². The Balaban J connectivity index is 3.29. The van der Waals surface area contributed by atoms with Crippen LogP contribution in [0, 0.1) is 0 Å². The molecule has 0 radical (unpaired) electrons. The Hall–Kier alpha value is -0.730. The molecule has 0 aromatic heterocycles. The zero-order chi connectivity index (χ0) is 10.0. The number of aliphatic imine (C=N–C) groups is 1. The minimum Gasteiger partial charge on any atom is -0.396 e. The standard InChI is InChI=1S/C9H10Cl2N2/c1-5(13-2)6-3-7(10)9(12)8(11)4-6/h3-4H,12H2,1-2H3. The summed E-state index contributed by atoms with van der Waals surface area (Å²) in [6.45, 7) is 1.89. The van der Waals surface area contributed by atoms with Gasteiger partial charge in [0.1, 0.15) is 0 Å². The van der Waals surface area contributed by atoms with Crippen LogP contribution in [0.15, 0.2) is 17.1 Å². The highest BCUT2D eigenvalue weighted by Gasteiger charge is 2.05. The summed E-state index contributed by atoms with van der Waals surface area (Å²) in [5, 5.41) is 0.927. The van der Waals surface area contributed by atoms with Gasteiger partial charge in [0.05, 0.1) is 15.7 Å². The Kier molecular flexibility index (Phi) is 3.17. The van der Waals surface area contributed by atoms with Gasteiger partial charge in [-0.25, -0.2) is 0 Å². The molecule has 2 nitrogen and oxygen atoms in total. The quantitative estimate of drug-likeness (QED) is 0.569. The van der Waals surface area contributed by atoms with Crippen molar-refractivity contribution in [3.63, 3.8) is 0 Å². The predicted molar refractivity (Wildman–Crippen MR) is 59.0 cm³/mol. The van der Waals surface area contributed by atoms with Gasteiger partial charge in [0.25, 0.3) is 0 Å². The lowest BCUT2D eigenvalue weighted by Gasteiger charge is -2.05. The Morgan fingerprint density at radius 3 is 2.15 bits per heavy atom. The summed E-state index contributed by atoms with van der Waals surface area (Å²) in [6, 6.07) is 3.51. The fraction of sp³-hybridized carbons (Fsp3) is 0.222. The fourth-order valence-corrected chi connectivity index (χ4v) is 1.41. The molecule has 0 atom stereocenters. The molecule has 0 aliphatic carbocycles. The van der Waals surface area contributed by atoms with Gasteiger partial charge >= 0.3 is 0 Å². The number of halogens is 2. The number of benzene rings is 1. The van der Waals surface area contributed by atoms with E-state index < -0.39 is 0 Å². The van der Waals surface area contributed by atoms with E-state index in [4.69, 9.17) is 28.9 Å². The smallest absolute Gasteiger partial charge is 0.0693 e. The summed E-state index contributed by atoms with van der Waals surface area (Å²) in [7, 11) is 1.72. The zero-order valence-electron chi connectivity index (χ0n) is 7.44. The van der Waals surface area contributed by atoms with Crippen molar-refractivity contribution in [2.75, 3.05) is 12.8 Å². The highest BCUT2D eigenvalue weighted by molar-refractivity contribution is 6.39. The molecule has 1 rings (SSSR count). The van der Waals surface area contributed by atoms with Crippen LogP contribution in [0.3, 0.4) is 0 Å². The van der Waals surface area contributed by atoms with Crippen LogP contribution < -0.4 is 5.73 Å². The van der Waals surface area contributed by atoms with Gasteiger partial charge in [-0.15, -0.1) is 0 Å². The normalized spacial score (nSPS) is 11.8. The van der Waals surface area contributed by atoms with Crippen molar-refractivity contribution in [3.05, 3.63) is 27.7 Å². The minimum absolute atomic E-state index is 0.413. The van der Waals surface area contributed by atoms with Crippen LogP contribution in [-0.2, 0) is 0 Å². The largest absolute Gasteiger partial charge is 0.396 e. The van der Waals surface area contributed by atoms with Gasteiger partial charge in [0.2, 0.25) is 0 Å². The van der Waals surface area contributed by atoms with E-state index in [-0.39, 0.29) is 0 Å². The predicted octanol–water partition coefficient (Wildman–Crippen LogP) is 3.01. The number of nitrogen functional groups attached to an aromatic ring is 1. The van der Waals surface area contributed by atoms with E-state index in [9.17, 15) is 0 Å². The third-order valence-electron chi connectivity index (χ3n) is 1.83. The Morgan fingerprint density at radius 1 is 1.31 bits per heavy atom. The molecule has 1 aromatic carbocycles. The van der Waals surface area contributed by atoms with Gasteiger partial charge in [0.15, 0.2) is 0 Å². The van der Waals surface area contributed by atoms with Gasteiger partial charge in [-0.3, -0.25) is 4.99 Å². The van der Waals surface area contributed by atoms with Gasteiger partial charge in [-0.2, -0.15) is 0 Å². The average Bonchev–Trinajstić information content (AvgIpc) is 2.12. The summed E-state index contributed by atoms with van der Waals surface area (Å²) >= 11 is 11.7. The maximum atomic E-state index is 5.86. The van der Waals surface area contributed by atoms with Crippen molar-refractivity contribution < 1.29 is 0 Å². The molecule has 0 aliphatic heterocycles. The van der Waals surface area contributed by atoms with Crippen molar-refractivity contribution in [1.29, 1.82) is 0 Å². The van der Waals surface area contributed by atoms with Crippen LogP contribution >= 0.6 is 23.2 Å². The minimum atomic E-state index is 0.413. The van der Waals surface area contributed by atoms with Crippen molar-refractivity contribution in [3.8, 4) is 0 Å². The molecule has 0 unspecified atom stereocenters. The van der Waals surface area contributed by atoms with E-state index in [1.165, 1.54) is 0 Å². The Morgan fingerprint density at radius 2 is 1.77 bits per heavy atom. The molecule has 0 amide bonds. The summed E-state index contributed by atoms with van der Waals surface area (Å²) in [4.78, 5) is 4.03. The molecule has 1 aromatic rings. The average molecular weight is 217 g/mol. The van der Waals surface area contributed by atoms with Crippen LogP contribution in [0.4, 0.5) is 5.69 Å². The lowest BCUT2D eigenvalue weighted by atomic mass is 10.1. The van der Waals surface area contributed by atoms with E-state index in [0.717, 1.165) is 11.3 Å². The molecule has 0 heterocycles. The zero-order valence-corrected chi connectivity index (χ0v) is 8.95. The van der Waals surface area contributed by atoms with Crippen LogP contribution in [0.25, 0.3) is 0 Å². The monoisotopic (exact) mass is 216 g/mol. The van der Waals surface area contributed by atoms with Crippen LogP contribution in [0.1, 0.15) is 12.5 Å². The Labute approximate surface area is 87.4 Å². The van der Waals surface area contributed by atoms with Crippen LogP contribution in [0.2, 0.25) is 10.0 Å². The topological polar surface area (TPSA) is 38.4 Å². The lowest BCUT2D eigenvalue weighted by Crippen LogP contribution is -1.97. The summed E-state index contributed by atoms with van der Waals surface area (Å²) in [6.07, 6.45) is 0. The van der Waals surface area contributed by atoms with Crippen molar-refractivity contribution in [2.24, 2.45) is 4.99 Å². The molecule has 70 valence electrons. The molecular formula is C9H10Cl2N2.